The number of Topliss-reactive ketones (excluding diaryl/α,β-unsaturated/α-hetero) is 1. The molecule has 0 fully saturated rings. The van der Waals surface area contributed by atoms with Gasteiger partial charge >= 0.3 is 5.97 Å². The molecule has 0 radical (unpaired) electrons. The molecule has 156 valence electrons. The smallest absolute Gasteiger partial charge is 0.340 e. The molecule has 7 heteroatoms. The lowest BCUT2D eigenvalue weighted by Gasteiger charge is -2.36. The number of nitrogens with zero attached hydrogens (tertiary/aromatic N) is 1. The quantitative estimate of drug-likeness (QED) is 0.552. The highest BCUT2D eigenvalue weighted by Gasteiger charge is 2.39. The summed E-state index contributed by atoms with van der Waals surface area (Å²) in [5, 5.41) is 14.0. The third-order valence-electron chi connectivity index (χ3n) is 5.88. The van der Waals surface area contributed by atoms with E-state index in [0.29, 0.717) is 22.8 Å². The fourth-order valence-corrected chi connectivity index (χ4v) is 4.63. The lowest BCUT2D eigenvalue weighted by Crippen LogP contribution is -2.34. The van der Waals surface area contributed by atoms with Crippen molar-refractivity contribution < 1.29 is 19.4 Å². The second-order valence-electron chi connectivity index (χ2n) is 7.63. The standard InChI is InChI=1S/C24H19ClN2O4/c1-31-24(30)18-10-13(23(29)17-11-14(25)6-7-20(17)28)12-27-9-8-16-15-4-2-3-5-19(15)26-21(16)22(18)27/h2-7,10-12,16,26,28H,8-9H2,1H3. The number of ether oxygens (including phenoxy) is 1. The van der Waals surface area contributed by atoms with Crippen molar-refractivity contribution in [1.82, 2.24) is 4.90 Å². The molecule has 2 N–H and O–H groups in total. The Bertz CT molecular complexity index is 1230. The summed E-state index contributed by atoms with van der Waals surface area (Å²) in [6.45, 7) is 0.631. The van der Waals surface area contributed by atoms with Crippen molar-refractivity contribution in [3.05, 3.63) is 93.4 Å². The minimum absolute atomic E-state index is 0.0802. The number of aromatic hydroxyl groups is 1. The number of phenols is 1. The van der Waals surface area contributed by atoms with Gasteiger partial charge in [0.2, 0.25) is 0 Å². The molecule has 0 saturated heterocycles. The fraction of sp³-hybridized carbons (Fsp3) is 0.167. The van der Waals surface area contributed by atoms with Gasteiger partial charge in [0.1, 0.15) is 5.75 Å². The van der Waals surface area contributed by atoms with Gasteiger partial charge in [-0.05, 0) is 42.3 Å². The average molecular weight is 435 g/mol. The zero-order valence-corrected chi connectivity index (χ0v) is 17.4. The molecule has 1 unspecified atom stereocenters. The highest BCUT2D eigenvalue weighted by Crippen LogP contribution is 2.47. The first kappa shape index (κ1) is 19.5. The topological polar surface area (TPSA) is 78.9 Å². The van der Waals surface area contributed by atoms with Crippen molar-refractivity contribution in [3.63, 3.8) is 0 Å². The molecule has 0 aromatic heterocycles. The number of hydrogen-bond acceptors (Lipinski definition) is 6. The molecular weight excluding hydrogens is 416 g/mol. The van der Waals surface area contributed by atoms with Gasteiger partial charge in [-0.1, -0.05) is 29.8 Å². The maximum absolute atomic E-state index is 13.2. The van der Waals surface area contributed by atoms with Crippen molar-refractivity contribution >= 4 is 29.0 Å². The minimum Gasteiger partial charge on any atom is -0.507 e. The van der Waals surface area contributed by atoms with Crippen LogP contribution in [0.15, 0.2) is 77.3 Å². The van der Waals surface area contributed by atoms with Gasteiger partial charge in [-0.3, -0.25) is 4.79 Å². The van der Waals surface area contributed by atoms with E-state index in [1.165, 1.54) is 36.9 Å². The first-order chi connectivity index (χ1) is 15.0. The second-order valence-corrected chi connectivity index (χ2v) is 8.07. The van der Waals surface area contributed by atoms with Crippen LogP contribution in [-0.2, 0) is 9.53 Å². The number of carbonyl (C=O) groups is 2. The van der Waals surface area contributed by atoms with Crippen LogP contribution in [0.3, 0.4) is 0 Å². The lowest BCUT2D eigenvalue weighted by atomic mass is 9.87. The molecular formula is C24H19ClN2O4. The summed E-state index contributed by atoms with van der Waals surface area (Å²) in [6, 6.07) is 12.4. The summed E-state index contributed by atoms with van der Waals surface area (Å²) >= 11 is 6.02. The Morgan fingerprint density at radius 1 is 1.23 bits per heavy atom. The van der Waals surface area contributed by atoms with E-state index in [1.807, 2.05) is 23.1 Å². The number of methoxy groups -OCH3 is 1. The van der Waals surface area contributed by atoms with Gasteiger partial charge in [0, 0.05) is 40.6 Å². The Kier molecular flexibility index (Phi) is 4.59. The molecule has 5 rings (SSSR count). The van der Waals surface area contributed by atoms with E-state index in [0.717, 1.165) is 17.8 Å². The van der Waals surface area contributed by atoms with E-state index < -0.39 is 11.8 Å². The van der Waals surface area contributed by atoms with Crippen LogP contribution in [0.5, 0.6) is 5.75 Å². The number of hydrogen-bond donors (Lipinski definition) is 2. The van der Waals surface area contributed by atoms with Crippen molar-refractivity contribution in [1.29, 1.82) is 0 Å². The number of fused-ring (bicyclic) bond motifs is 4. The van der Waals surface area contributed by atoms with E-state index in [4.69, 9.17) is 16.3 Å². The number of anilines is 1. The Labute approximate surface area is 184 Å². The van der Waals surface area contributed by atoms with Gasteiger partial charge in [0.15, 0.2) is 5.78 Å². The van der Waals surface area contributed by atoms with Gasteiger partial charge in [-0.15, -0.1) is 0 Å². The van der Waals surface area contributed by atoms with Crippen LogP contribution >= 0.6 is 11.6 Å². The Morgan fingerprint density at radius 2 is 2.03 bits per heavy atom. The number of carbonyl (C=O) groups excluding carboxylic acids is 2. The average Bonchev–Trinajstić information content (AvgIpc) is 3.17. The van der Waals surface area contributed by atoms with E-state index in [1.54, 1.807) is 6.20 Å². The number of rotatable bonds is 3. The van der Waals surface area contributed by atoms with Crippen LogP contribution in [0.4, 0.5) is 5.69 Å². The molecule has 3 aliphatic rings. The molecule has 0 bridgehead atoms. The van der Waals surface area contributed by atoms with E-state index in [9.17, 15) is 14.7 Å². The van der Waals surface area contributed by atoms with Crippen molar-refractivity contribution in [3.8, 4) is 5.75 Å². The normalized spacial score (nSPS) is 18.9. The minimum atomic E-state index is -0.528. The van der Waals surface area contributed by atoms with Crippen molar-refractivity contribution in [2.24, 2.45) is 0 Å². The molecule has 6 nitrogen and oxygen atoms in total. The number of ketones is 1. The molecule has 31 heavy (non-hydrogen) atoms. The van der Waals surface area contributed by atoms with Gasteiger partial charge < -0.3 is 20.1 Å². The number of nitrogens with one attached hydrogen (secondary N) is 1. The van der Waals surface area contributed by atoms with Gasteiger partial charge in [0.05, 0.1) is 23.9 Å². The monoisotopic (exact) mass is 434 g/mol. The Morgan fingerprint density at radius 3 is 2.84 bits per heavy atom. The summed E-state index contributed by atoms with van der Waals surface area (Å²) < 4.78 is 5.04. The van der Waals surface area contributed by atoms with E-state index in [2.05, 4.69) is 11.4 Å². The van der Waals surface area contributed by atoms with Gasteiger partial charge in [-0.25, -0.2) is 4.79 Å². The van der Waals surface area contributed by atoms with E-state index in [-0.39, 0.29) is 22.8 Å². The lowest BCUT2D eigenvalue weighted by molar-refractivity contribution is -0.136. The van der Waals surface area contributed by atoms with Crippen LogP contribution < -0.4 is 5.32 Å². The summed E-state index contributed by atoms with van der Waals surface area (Å²) in [6.07, 6.45) is 4.08. The fourth-order valence-electron chi connectivity index (χ4n) is 4.45. The number of benzene rings is 2. The summed E-state index contributed by atoms with van der Waals surface area (Å²) in [7, 11) is 1.32. The maximum Gasteiger partial charge on any atom is 0.340 e. The molecule has 0 spiro atoms. The third-order valence-corrected chi connectivity index (χ3v) is 6.11. The largest absolute Gasteiger partial charge is 0.507 e. The second kappa shape index (κ2) is 7.32. The van der Waals surface area contributed by atoms with Crippen molar-refractivity contribution in [2.45, 2.75) is 12.3 Å². The predicted octanol–water partition coefficient (Wildman–Crippen LogP) is 4.35. The molecule has 2 aromatic rings. The highest BCUT2D eigenvalue weighted by molar-refractivity contribution is 6.31. The van der Waals surface area contributed by atoms with Gasteiger partial charge in [-0.2, -0.15) is 0 Å². The third kappa shape index (κ3) is 3.11. The summed E-state index contributed by atoms with van der Waals surface area (Å²) in [5.74, 6) is -0.966. The van der Waals surface area contributed by atoms with Crippen LogP contribution in [0.1, 0.15) is 28.3 Å². The van der Waals surface area contributed by atoms with Gasteiger partial charge in [0.25, 0.3) is 0 Å². The molecule has 0 amide bonds. The molecule has 2 aromatic carbocycles. The number of para-hydroxylation sites is 1. The summed E-state index contributed by atoms with van der Waals surface area (Å²) in [4.78, 5) is 27.8. The summed E-state index contributed by atoms with van der Waals surface area (Å²) in [5.41, 5.74) is 4.52. The van der Waals surface area contributed by atoms with Crippen LogP contribution in [0.25, 0.3) is 0 Å². The first-order valence-corrected chi connectivity index (χ1v) is 10.3. The Hall–Kier alpha value is -3.51. The number of phenolic OH excluding ortho intramolecular Hbond substituents is 1. The van der Waals surface area contributed by atoms with Crippen LogP contribution in [0, 0.1) is 0 Å². The zero-order chi connectivity index (χ0) is 21.7. The first-order valence-electron chi connectivity index (χ1n) is 9.90. The van der Waals surface area contributed by atoms with Crippen LogP contribution in [-0.4, -0.2) is 35.4 Å². The van der Waals surface area contributed by atoms with Crippen molar-refractivity contribution in [2.75, 3.05) is 19.0 Å². The molecule has 3 heterocycles. The van der Waals surface area contributed by atoms with E-state index >= 15 is 0 Å². The molecule has 3 aliphatic heterocycles. The molecule has 0 saturated carbocycles. The van der Waals surface area contributed by atoms with Crippen LogP contribution in [0.2, 0.25) is 5.02 Å². The number of allylic oxidation sites excluding steroid dienone is 3. The Balaban J connectivity index is 1.62. The number of esters is 1. The predicted molar refractivity (Wildman–Crippen MR) is 117 cm³/mol. The SMILES string of the molecule is COC(=O)C1=CC(C(=O)c2cc(Cl)ccc2O)=CN2CCC3C(=C12)Nc1ccccc13. The molecule has 1 atom stereocenters. The molecule has 0 aliphatic carbocycles. The zero-order valence-electron chi connectivity index (χ0n) is 16.7. The highest BCUT2D eigenvalue weighted by atomic mass is 35.5. The maximum atomic E-state index is 13.2. The number of halogens is 1.